The van der Waals surface area contributed by atoms with Crippen molar-refractivity contribution in [2.24, 2.45) is 0 Å². The van der Waals surface area contributed by atoms with Crippen LogP contribution in [0.1, 0.15) is 0 Å². The van der Waals surface area contributed by atoms with Gasteiger partial charge in [-0.05, 0) is 22.4 Å². The summed E-state index contributed by atoms with van der Waals surface area (Å²) in [7, 11) is 0. The third-order valence-electron chi connectivity index (χ3n) is 2.01. The van der Waals surface area contributed by atoms with Gasteiger partial charge in [0.2, 0.25) is 11.5 Å². The number of anilines is 1. The predicted octanol–water partition coefficient (Wildman–Crippen LogP) is 1.46. The highest BCUT2D eigenvalue weighted by Crippen LogP contribution is 2.25. The highest BCUT2D eigenvalue weighted by molar-refractivity contribution is 5.76. The molecule has 0 atom stereocenters. The van der Waals surface area contributed by atoms with Crippen LogP contribution < -0.4 is 5.73 Å². The average Bonchev–Trinajstić information content (AvgIpc) is 2.82. The van der Waals surface area contributed by atoms with E-state index in [1.54, 1.807) is 0 Å². The molecule has 0 unspecified atom stereocenters. The van der Waals surface area contributed by atoms with E-state index in [1.807, 2.05) is 24.3 Å². The smallest absolute Gasteiger partial charge is 0.253 e. The summed E-state index contributed by atoms with van der Waals surface area (Å²) in [6.45, 7) is 0. The van der Waals surface area contributed by atoms with Gasteiger partial charge in [0, 0.05) is 0 Å². The fourth-order valence-corrected chi connectivity index (χ4v) is 1.32. The van der Waals surface area contributed by atoms with Gasteiger partial charge in [-0.2, -0.15) is 0 Å². The number of oxazole rings is 1. The monoisotopic (exact) mass is 202 g/mol. The van der Waals surface area contributed by atoms with Crippen LogP contribution in [0.15, 0.2) is 33.3 Å². The molecule has 0 aliphatic carbocycles. The third kappa shape index (κ3) is 1.15. The van der Waals surface area contributed by atoms with E-state index in [1.165, 1.54) is 0 Å². The fraction of sp³-hybridized carbons (Fsp3) is 0. The molecule has 0 fully saturated rings. The largest absolute Gasteiger partial charge is 0.434 e. The zero-order chi connectivity index (χ0) is 10.3. The van der Waals surface area contributed by atoms with Crippen LogP contribution in [0.3, 0.4) is 0 Å². The van der Waals surface area contributed by atoms with E-state index < -0.39 is 0 Å². The second kappa shape index (κ2) is 2.81. The number of hydrogen-bond acceptors (Lipinski definition) is 6. The molecule has 2 aromatic heterocycles. The molecule has 0 amide bonds. The number of benzene rings is 1. The Morgan fingerprint density at radius 1 is 1.13 bits per heavy atom. The average molecular weight is 202 g/mol. The summed E-state index contributed by atoms with van der Waals surface area (Å²) in [4.78, 5) is 4.21. The van der Waals surface area contributed by atoms with E-state index in [4.69, 9.17) is 10.2 Å². The lowest BCUT2D eigenvalue weighted by molar-refractivity contribution is 0.309. The van der Waals surface area contributed by atoms with Crippen molar-refractivity contribution < 1.29 is 9.05 Å². The van der Waals surface area contributed by atoms with Crippen LogP contribution in [0.2, 0.25) is 0 Å². The SMILES string of the molecule is Nc1nonc1-c1nc2ccccc2o1. The van der Waals surface area contributed by atoms with Crippen molar-refractivity contribution in [3.8, 4) is 11.6 Å². The first-order chi connectivity index (χ1) is 7.34. The number of aromatic nitrogens is 3. The van der Waals surface area contributed by atoms with Crippen molar-refractivity contribution in [2.75, 3.05) is 5.73 Å². The van der Waals surface area contributed by atoms with Crippen molar-refractivity contribution >= 4 is 16.9 Å². The summed E-state index contributed by atoms with van der Waals surface area (Å²) in [6, 6.07) is 7.39. The van der Waals surface area contributed by atoms with Crippen LogP contribution in [0.5, 0.6) is 0 Å². The highest BCUT2D eigenvalue weighted by atomic mass is 16.6. The van der Waals surface area contributed by atoms with Crippen LogP contribution in [0.25, 0.3) is 22.7 Å². The van der Waals surface area contributed by atoms with Gasteiger partial charge in [0.25, 0.3) is 5.89 Å². The van der Waals surface area contributed by atoms with Crippen LogP contribution in [0.4, 0.5) is 5.82 Å². The molecule has 2 heterocycles. The van der Waals surface area contributed by atoms with Crippen molar-refractivity contribution in [1.29, 1.82) is 0 Å². The summed E-state index contributed by atoms with van der Waals surface area (Å²) < 4.78 is 9.91. The molecule has 0 spiro atoms. The number of fused-ring (bicyclic) bond motifs is 1. The Bertz CT molecular complexity index is 580. The van der Waals surface area contributed by atoms with Gasteiger partial charge in [-0.15, -0.1) is 0 Å². The number of nitrogens with zero attached hydrogens (tertiary/aromatic N) is 3. The van der Waals surface area contributed by atoms with Crippen LogP contribution in [-0.4, -0.2) is 15.3 Å². The second-order valence-electron chi connectivity index (χ2n) is 2.98. The minimum Gasteiger partial charge on any atom is -0.434 e. The zero-order valence-electron chi connectivity index (χ0n) is 7.54. The van der Waals surface area contributed by atoms with Gasteiger partial charge in [0.05, 0.1) is 0 Å². The zero-order valence-corrected chi connectivity index (χ0v) is 7.54. The van der Waals surface area contributed by atoms with Gasteiger partial charge in [0.15, 0.2) is 5.58 Å². The van der Waals surface area contributed by atoms with Crippen LogP contribution in [0, 0.1) is 0 Å². The first-order valence-corrected chi connectivity index (χ1v) is 4.28. The maximum atomic E-state index is 5.53. The Hall–Kier alpha value is -2.37. The number of rotatable bonds is 1. The summed E-state index contributed by atoms with van der Waals surface area (Å²) in [5, 5.41) is 7.07. The van der Waals surface area contributed by atoms with E-state index in [0.29, 0.717) is 17.2 Å². The molecule has 0 saturated carbocycles. The summed E-state index contributed by atoms with van der Waals surface area (Å²) in [6.07, 6.45) is 0. The van der Waals surface area contributed by atoms with E-state index in [2.05, 4.69) is 19.9 Å². The van der Waals surface area contributed by atoms with Gasteiger partial charge < -0.3 is 10.2 Å². The first kappa shape index (κ1) is 7.98. The molecule has 0 radical (unpaired) electrons. The topological polar surface area (TPSA) is 91.0 Å². The van der Waals surface area contributed by atoms with Gasteiger partial charge in [-0.3, -0.25) is 0 Å². The van der Waals surface area contributed by atoms with Crippen LogP contribution >= 0.6 is 0 Å². The fourth-order valence-electron chi connectivity index (χ4n) is 1.32. The molecular formula is C9H6N4O2. The Labute approximate surface area is 83.7 Å². The van der Waals surface area contributed by atoms with Gasteiger partial charge in [-0.1, -0.05) is 12.1 Å². The molecule has 2 N–H and O–H groups in total. The van der Waals surface area contributed by atoms with Crippen molar-refractivity contribution in [3.05, 3.63) is 24.3 Å². The number of nitrogens with two attached hydrogens (primary N) is 1. The summed E-state index contributed by atoms with van der Waals surface area (Å²) in [5.41, 5.74) is 7.27. The normalized spacial score (nSPS) is 10.9. The van der Waals surface area contributed by atoms with E-state index in [9.17, 15) is 0 Å². The number of nitrogen functional groups attached to an aromatic ring is 1. The Morgan fingerprint density at radius 3 is 2.73 bits per heavy atom. The molecule has 6 heteroatoms. The van der Waals surface area contributed by atoms with E-state index >= 15 is 0 Å². The third-order valence-corrected chi connectivity index (χ3v) is 2.01. The lowest BCUT2D eigenvalue weighted by Crippen LogP contribution is -1.87. The molecule has 0 aliphatic heterocycles. The standard InChI is InChI=1S/C9H6N4O2/c10-8-7(12-15-13-8)9-11-5-3-1-2-4-6(5)14-9/h1-4H,(H2,10,13). The van der Waals surface area contributed by atoms with E-state index in [0.717, 1.165) is 5.52 Å². The maximum Gasteiger partial charge on any atom is 0.253 e. The lowest BCUT2D eigenvalue weighted by Gasteiger charge is -1.84. The van der Waals surface area contributed by atoms with Crippen molar-refractivity contribution in [2.45, 2.75) is 0 Å². The molecule has 3 rings (SSSR count). The second-order valence-corrected chi connectivity index (χ2v) is 2.98. The molecular weight excluding hydrogens is 196 g/mol. The number of para-hydroxylation sites is 2. The number of hydrogen-bond donors (Lipinski definition) is 1. The van der Waals surface area contributed by atoms with Crippen LogP contribution in [-0.2, 0) is 0 Å². The molecule has 6 nitrogen and oxygen atoms in total. The van der Waals surface area contributed by atoms with Gasteiger partial charge >= 0.3 is 0 Å². The first-order valence-electron chi connectivity index (χ1n) is 4.28. The molecule has 0 saturated heterocycles. The Kier molecular flexibility index (Phi) is 1.49. The minimum atomic E-state index is 0.168. The Morgan fingerprint density at radius 2 is 2.00 bits per heavy atom. The highest BCUT2D eigenvalue weighted by Gasteiger charge is 2.15. The summed E-state index contributed by atoms with van der Waals surface area (Å²) in [5.74, 6) is 0.483. The quantitative estimate of drug-likeness (QED) is 0.642. The van der Waals surface area contributed by atoms with E-state index in [-0.39, 0.29) is 5.82 Å². The molecule has 0 aliphatic rings. The molecule has 0 bridgehead atoms. The summed E-state index contributed by atoms with van der Waals surface area (Å²) >= 11 is 0. The molecule has 74 valence electrons. The predicted molar refractivity (Wildman–Crippen MR) is 51.7 cm³/mol. The van der Waals surface area contributed by atoms with Crippen molar-refractivity contribution in [3.63, 3.8) is 0 Å². The lowest BCUT2D eigenvalue weighted by atomic mass is 10.3. The van der Waals surface area contributed by atoms with Gasteiger partial charge in [0.1, 0.15) is 5.52 Å². The molecule has 15 heavy (non-hydrogen) atoms. The molecule has 1 aromatic carbocycles. The maximum absolute atomic E-state index is 5.53. The van der Waals surface area contributed by atoms with Crippen molar-refractivity contribution in [1.82, 2.24) is 15.3 Å². The molecule has 3 aromatic rings. The van der Waals surface area contributed by atoms with Gasteiger partial charge in [-0.25, -0.2) is 9.61 Å². The Balaban J connectivity index is 2.24. The minimum absolute atomic E-state index is 0.168.